The Morgan fingerprint density at radius 1 is 1.32 bits per heavy atom. The second-order valence-electron chi connectivity index (χ2n) is 3.72. The van der Waals surface area contributed by atoms with E-state index in [-0.39, 0.29) is 5.91 Å². The highest BCUT2D eigenvalue weighted by molar-refractivity contribution is 8.01. The van der Waals surface area contributed by atoms with Gasteiger partial charge in [0.2, 0.25) is 0 Å². The molecule has 0 aliphatic carbocycles. The highest BCUT2D eigenvalue weighted by Gasteiger charge is 2.08. The Hall–Kier alpha value is -1.79. The van der Waals surface area contributed by atoms with Crippen LogP contribution in [-0.4, -0.2) is 16.8 Å². The quantitative estimate of drug-likeness (QED) is 0.591. The van der Waals surface area contributed by atoms with E-state index in [9.17, 15) is 4.79 Å². The molecule has 0 unspecified atom stereocenters. The molecule has 0 saturated carbocycles. The van der Waals surface area contributed by atoms with E-state index in [0.717, 1.165) is 14.6 Å². The molecule has 96 valence electrons. The van der Waals surface area contributed by atoms with Gasteiger partial charge in [0, 0.05) is 0 Å². The van der Waals surface area contributed by atoms with Crippen LogP contribution in [0.5, 0.6) is 0 Å². The van der Waals surface area contributed by atoms with Crippen LogP contribution in [0, 0.1) is 0 Å². The molecular weight excluding hydrogens is 280 g/mol. The molecule has 19 heavy (non-hydrogen) atoms. The van der Waals surface area contributed by atoms with Crippen molar-refractivity contribution in [3.8, 4) is 0 Å². The van der Waals surface area contributed by atoms with Crippen LogP contribution in [0.3, 0.4) is 0 Å². The van der Waals surface area contributed by atoms with Crippen molar-refractivity contribution >= 4 is 39.2 Å². The highest BCUT2D eigenvalue weighted by atomic mass is 32.2. The van der Waals surface area contributed by atoms with E-state index in [2.05, 4.69) is 10.3 Å². The lowest BCUT2D eigenvalue weighted by Crippen LogP contribution is -2.22. The highest BCUT2D eigenvalue weighted by Crippen LogP contribution is 2.28. The predicted octanol–water partition coefficient (Wildman–Crippen LogP) is 3.37. The third-order valence-corrected chi connectivity index (χ3v) is 4.51. The number of carbonyl (C=O) groups excluding carboxylic acids is 1. The number of furan rings is 1. The first-order chi connectivity index (χ1) is 9.33. The lowest BCUT2D eigenvalue weighted by molar-refractivity contribution is 0.0933. The van der Waals surface area contributed by atoms with Gasteiger partial charge in [-0.3, -0.25) is 4.79 Å². The van der Waals surface area contributed by atoms with Crippen molar-refractivity contribution in [1.82, 2.24) is 10.3 Å². The van der Waals surface area contributed by atoms with Crippen molar-refractivity contribution in [3.05, 3.63) is 48.4 Å². The number of carbonyl (C=O) groups is 1. The van der Waals surface area contributed by atoms with Crippen molar-refractivity contribution in [2.75, 3.05) is 5.88 Å². The Morgan fingerprint density at radius 3 is 3.00 bits per heavy atom. The maximum absolute atomic E-state index is 11.6. The Kier molecular flexibility index (Phi) is 3.52. The summed E-state index contributed by atoms with van der Waals surface area (Å²) in [5, 5.41) is 2.77. The van der Waals surface area contributed by atoms with Crippen LogP contribution in [0.25, 0.3) is 10.2 Å². The van der Waals surface area contributed by atoms with Crippen molar-refractivity contribution in [2.24, 2.45) is 0 Å². The normalized spacial score (nSPS) is 10.7. The van der Waals surface area contributed by atoms with E-state index in [1.807, 2.05) is 24.3 Å². The minimum absolute atomic E-state index is 0.210. The number of nitrogens with zero attached hydrogens (tertiary/aromatic N) is 1. The molecule has 6 heteroatoms. The molecule has 0 saturated heterocycles. The van der Waals surface area contributed by atoms with E-state index in [4.69, 9.17) is 4.42 Å². The first kappa shape index (κ1) is 12.3. The number of thioether (sulfide) groups is 1. The Balaban J connectivity index is 1.59. The Morgan fingerprint density at radius 2 is 2.21 bits per heavy atom. The number of para-hydroxylation sites is 1. The number of aromatic nitrogens is 1. The summed E-state index contributed by atoms with van der Waals surface area (Å²) in [5.74, 6) is 0.586. The van der Waals surface area contributed by atoms with Crippen molar-refractivity contribution in [3.63, 3.8) is 0 Å². The fraction of sp³-hybridized carbons (Fsp3) is 0.0769. The zero-order chi connectivity index (χ0) is 13.1. The number of amides is 1. The van der Waals surface area contributed by atoms with Crippen LogP contribution in [0.15, 0.2) is 51.4 Å². The lowest BCUT2D eigenvalue weighted by atomic mass is 10.3. The number of hydrogen-bond acceptors (Lipinski definition) is 5. The minimum Gasteiger partial charge on any atom is -0.459 e. The molecule has 3 rings (SSSR count). The summed E-state index contributed by atoms with van der Waals surface area (Å²) < 4.78 is 7.11. The standard InChI is InChI=1S/C13H10N2O2S2/c16-12(10-5-3-7-17-10)14-8-18-13-15-9-4-1-2-6-11(9)19-13/h1-7H,8H2,(H,14,16). The maximum atomic E-state index is 11.6. The molecule has 0 aliphatic heterocycles. The molecule has 2 aromatic heterocycles. The molecule has 1 amide bonds. The molecule has 1 N–H and O–H groups in total. The van der Waals surface area contributed by atoms with E-state index in [0.29, 0.717) is 11.6 Å². The zero-order valence-electron chi connectivity index (χ0n) is 9.83. The molecule has 0 spiro atoms. The van der Waals surface area contributed by atoms with E-state index >= 15 is 0 Å². The summed E-state index contributed by atoms with van der Waals surface area (Å²) in [6.45, 7) is 0. The smallest absolute Gasteiger partial charge is 0.287 e. The van der Waals surface area contributed by atoms with E-state index < -0.39 is 0 Å². The van der Waals surface area contributed by atoms with Crippen LogP contribution >= 0.6 is 23.1 Å². The number of rotatable bonds is 4. The topological polar surface area (TPSA) is 55.1 Å². The van der Waals surface area contributed by atoms with Gasteiger partial charge in [0.25, 0.3) is 5.91 Å². The molecular formula is C13H10N2O2S2. The molecule has 0 aliphatic rings. The van der Waals surface area contributed by atoms with E-state index in [1.54, 1.807) is 23.5 Å². The van der Waals surface area contributed by atoms with Crippen LogP contribution in [0.1, 0.15) is 10.6 Å². The summed E-state index contributed by atoms with van der Waals surface area (Å²) in [6.07, 6.45) is 1.48. The first-order valence-corrected chi connectivity index (χ1v) is 7.43. The monoisotopic (exact) mass is 290 g/mol. The Labute approximate surface area is 117 Å². The van der Waals surface area contributed by atoms with Crippen LogP contribution in [0.4, 0.5) is 0 Å². The first-order valence-electron chi connectivity index (χ1n) is 5.63. The number of benzene rings is 1. The predicted molar refractivity (Wildman–Crippen MR) is 76.5 cm³/mol. The SMILES string of the molecule is O=C(NCSc1nc2ccccc2s1)c1ccco1. The zero-order valence-corrected chi connectivity index (χ0v) is 11.5. The average molecular weight is 290 g/mol. The van der Waals surface area contributed by atoms with Gasteiger partial charge in [0.1, 0.15) is 0 Å². The van der Waals surface area contributed by atoms with Crippen LogP contribution < -0.4 is 5.32 Å². The van der Waals surface area contributed by atoms with Gasteiger partial charge in [-0.2, -0.15) is 0 Å². The largest absolute Gasteiger partial charge is 0.459 e. The maximum Gasteiger partial charge on any atom is 0.287 e. The molecule has 0 fully saturated rings. The van der Waals surface area contributed by atoms with Crippen molar-refractivity contribution < 1.29 is 9.21 Å². The molecule has 0 radical (unpaired) electrons. The minimum atomic E-state index is -0.210. The van der Waals surface area contributed by atoms with Gasteiger partial charge >= 0.3 is 0 Å². The molecule has 1 aromatic carbocycles. The molecule has 0 bridgehead atoms. The van der Waals surface area contributed by atoms with E-state index in [1.165, 1.54) is 18.0 Å². The van der Waals surface area contributed by atoms with Crippen molar-refractivity contribution in [1.29, 1.82) is 0 Å². The van der Waals surface area contributed by atoms with Crippen LogP contribution in [0.2, 0.25) is 0 Å². The van der Waals surface area contributed by atoms with Gasteiger partial charge in [0.15, 0.2) is 10.1 Å². The average Bonchev–Trinajstić information content (AvgIpc) is 3.07. The third-order valence-electron chi connectivity index (χ3n) is 2.45. The molecule has 0 atom stereocenters. The van der Waals surface area contributed by atoms with Gasteiger partial charge in [-0.15, -0.1) is 11.3 Å². The van der Waals surface area contributed by atoms with Gasteiger partial charge in [-0.1, -0.05) is 23.9 Å². The summed E-state index contributed by atoms with van der Waals surface area (Å²) in [7, 11) is 0. The fourth-order valence-electron chi connectivity index (χ4n) is 1.57. The molecule has 3 aromatic rings. The summed E-state index contributed by atoms with van der Waals surface area (Å²) in [5.41, 5.74) is 0.993. The lowest BCUT2D eigenvalue weighted by Gasteiger charge is -1.99. The van der Waals surface area contributed by atoms with Gasteiger partial charge in [-0.25, -0.2) is 4.98 Å². The number of fused-ring (bicyclic) bond motifs is 1. The van der Waals surface area contributed by atoms with Gasteiger partial charge in [-0.05, 0) is 24.3 Å². The summed E-state index contributed by atoms with van der Waals surface area (Å²) in [4.78, 5) is 16.1. The van der Waals surface area contributed by atoms with Crippen LogP contribution in [-0.2, 0) is 0 Å². The second kappa shape index (κ2) is 5.46. The Bertz CT molecular complexity index is 659. The van der Waals surface area contributed by atoms with Crippen molar-refractivity contribution in [2.45, 2.75) is 4.34 Å². The fourth-order valence-corrected chi connectivity index (χ4v) is 3.44. The summed E-state index contributed by atoms with van der Waals surface area (Å²) in [6, 6.07) is 11.3. The number of hydrogen-bond donors (Lipinski definition) is 1. The third kappa shape index (κ3) is 2.80. The molecule has 2 heterocycles. The van der Waals surface area contributed by atoms with Gasteiger partial charge in [0.05, 0.1) is 22.4 Å². The molecule has 4 nitrogen and oxygen atoms in total. The number of thiazole rings is 1. The summed E-state index contributed by atoms with van der Waals surface area (Å²) >= 11 is 3.13. The number of nitrogens with one attached hydrogen (secondary N) is 1. The van der Waals surface area contributed by atoms with Gasteiger partial charge < -0.3 is 9.73 Å². The second-order valence-corrected chi connectivity index (χ2v) is 5.97.